The second-order valence-corrected chi connectivity index (χ2v) is 21.2. The van der Waals surface area contributed by atoms with Crippen molar-refractivity contribution in [3.8, 4) is 0 Å². The molecule has 1 fully saturated rings. The van der Waals surface area contributed by atoms with Gasteiger partial charge in [0.05, 0.1) is 34.7 Å². The number of hydrogen-bond acceptors (Lipinski definition) is 7. The number of ether oxygens (including phenoxy) is 1. The van der Waals surface area contributed by atoms with Crippen LogP contribution < -0.4 is 10.0 Å². The van der Waals surface area contributed by atoms with Crippen LogP contribution in [0.4, 0.5) is 10.1 Å². The van der Waals surface area contributed by atoms with Crippen molar-refractivity contribution < 1.29 is 17.5 Å². The van der Waals surface area contributed by atoms with Crippen molar-refractivity contribution in [2.24, 2.45) is 0 Å². The molecule has 0 spiro atoms. The second kappa shape index (κ2) is 11.2. The summed E-state index contributed by atoms with van der Waals surface area (Å²) in [4.78, 5) is 9.36. The Morgan fingerprint density at radius 1 is 1.09 bits per heavy atom. The number of benzene rings is 1. The normalized spacial score (nSPS) is 17.6. The number of hydrogen-bond donors (Lipinski definition) is 2. The summed E-state index contributed by atoms with van der Waals surface area (Å²) in [7, 11) is -5.18. The molecular formula is C31H41FN6O3SSi. The fourth-order valence-corrected chi connectivity index (χ4v) is 8.11. The van der Waals surface area contributed by atoms with Crippen molar-refractivity contribution >= 4 is 45.5 Å². The van der Waals surface area contributed by atoms with Gasteiger partial charge >= 0.3 is 0 Å². The minimum atomic E-state index is -4.00. The maximum atomic E-state index is 14.4. The average molecular weight is 625 g/mol. The van der Waals surface area contributed by atoms with Gasteiger partial charge < -0.3 is 10.1 Å². The van der Waals surface area contributed by atoms with Crippen LogP contribution in [0.3, 0.4) is 0 Å². The zero-order valence-corrected chi connectivity index (χ0v) is 27.4. The van der Waals surface area contributed by atoms with E-state index in [2.05, 4.69) is 50.8 Å². The van der Waals surface area contributed by atoms with E-state index in [0.717, 1.165) is 57.7 Å². The predicted molar refractivity (Wildman–Crippen MR) is 171 cm³/mol. The SMILES string of the molecule is CC(C)(F)CNS(=O)(=O)c1c2c(cc3cnc(C4CC4)cc13)CC(Nc1cncc3c1cnn3COCC[Si](C)(C)C)C2. The topological polar surface area (TPSA) is 111 Å². The first-order valence-corrected chi connectivity index (χ1v) is 20.2. The van der Waals surface area contributed by atoms with E-state index in [1.165, 1.54) is 13.8 Å². The Labute approximate surface area is 253 Å². The smallest absolute Gasteiger partial charge is 0.241 e. The van der Waals surface area contributed by atoms with Crippen LogP contribution in [0, 0.1) is 0 Å². The van der Waals surface area contributed by atoms with Gasteiger partial charge in [0.15, 0.2) is 0 Å². The lowest BCUT2D eigenvalue weighted by atomic mass is 10.0. The first-order chi connectivity index (χ1) is 20.3. The molecule has 0 amide bonds. The van der Waals surface area contributed by atoms with Crippen molar-refractivity contribution in [3.05, 3.63) is 53.7 Å². The van der Waals surface area contributed by atoms with Gasteiger partial charge in [-0.1, -0.05) is 19.6 Å². The molecule has 3 heterocycles. The third-order valence-electron chi connectivity index (χ3n) is 8.20. The molecule has 1 atom stereocenters. The zero-order chi connectivity index (χ0) is 30.6. The molecule has 43 heavy (non-hydrogen) atoms. The molecule has 2 N–H and O–H groups in total. The first-order valence-electron chi connectivity index (χ1n) is 15.0. The van der Waals surface area contributed by atoms with Gasteiger partial charge in [-0.25, -0.2) is 22.2 Å². The summed E-state index contributed by atoms with van der Waals surface area (Å²) in [5, 5.41) is 10.5. The Hall–Kier alpha value is -2.93. The summed E-state index contributed by atoms with van der Waals surface area (Å²) >= 11 is 0. The molecule has 0 bridgehead atoms. The summed E-state index contributed by atoms with van der Waals surface area (Å²) in [5.74, 6) is 0.375. The Kier molecular flexibility index (Phi) is 7.85. The van der Waals surface area contributed by atoms with Gasteiger partial charge in [-0.05, 0) is 68.8 Å². The minimum absolute atomic E-state index is 0.0574. The van der Waals surface area contributed by atoms with Crippen molar-refractivity contribution in [1.82, 2.24) is 24.5 Å². The lowest BCUT2D eigenvalue weighted by Crippen LogP contribution is -2.36. The summed E-state index contributed by atoms with van der Waals surface area (Å²) in [5.41, 5.74) is 2.68. The number of halogens is 1. The van der Waals surface area contributed by atoms with E-state index in [1.807, 2.05) is 16.9 Å². The highest BCUT2D eigenvalue weighted by molar-refractivity contribution is 7.89. The number of nitrogens with one attached hydrogen (secondary N) is 2. The van der Waals surface area contributed by atoms with Gasteiger partial charge in [0.25, 0.3) is 0 Å². The van der Waals surface area contributed by atoms with E-state index in [0.29, 0.717) is 37.5 Å². The summed E-state index contributed by atoms with van der Waals surface area (Å²) in [6.07, 6.45) is 10.4. The molecule has 12 heteroatoms. The van der Waals surface area contributed by atoms with Crippen molar-refractivity contribution in [2.75, 3.05) is 18.5 Å². The second-order valence-electron chi connectivity index (χ2n) is 13.9. The van der Waals surface area contributed by atoms with Crippen LogP contribution in [0.2, 0.25) is 25.7 Å². The monoisotopic (exact) mass is 624 g/mol. The van der Waals surface area contributed by atoms with Crippen LogP contribution in [0.25, 0.3) is 21.7 Å². The first kappa shape index (κ1) is 30.1. The Morgan fingerprint density at radius 3 is 2.60 bits per heavy atom. The molecule has 1 saturated carbocycles. The number of rotatable bonds is 12. The van der Waals surface area contributed by atoms with Crippen LogP contribution in [-0.2, 0) is 34.3 Å². The molecule has 0 radical (unpaired) electrons. The maximum absolute atomic E-state index is 14.4. The van der Waals surface area contributed by atoms with E-state index in [4.69, 9.17) is 4.74 Å². The van der Waals surface area contributed by atoms with E-state index in [9.17, 15) is 12.8 Å². The highest BCUT2D eigenvalue weighted by Gasteiger charge is 2.34. The molecule has 1 unspecified atom stereocenters. The van der Waals surface area contributed by atoms with Crippen LogP contribution in [-0.4, -0.2) is 61.1 Å². The molecular weight excluding hydrogens is 584 g/mol. The molecule has 9 nitrogen and oxygen atoms in total. The van der Waals surface area contributed by atoms with Gasteiger partial charge in [-0.3, -0.25) is 9.97 Å². The largest absolute Gasteiger partial charge is 0.380 e. The zero-order valence-electron chi connectivity index (χ0n) is 25.6. The third-order valence-corrected chi connectivity index (χ3v) is 11.4. The molecule has 0 saturated heterocycles. The molecule has 1 aromatic carbocycles. The molecule has 4 aromatic rings. The number of pyridine rings is 2. The highest BCUT2D eigenvalue weighted by Crippen LogP contribution is 2.42. The number of alkyl halides is 1. The average Bonchev–Trinajstić information content (AvgIpc) is 3.57. The molecule has 230 valence electrons. The van der Waals surface area contributed by atoms with Gasteiger partial charge in [0, 0.05) is 61.2 Å². The third kappa shape index (κ3) is 6.77. The van der Waals surface area contributed by atoms with Crippen LogP contribution in [0.5, 0.6) is 0 Å². The Bertz CT molecular complexity index is 1780. The van der Waals surface area contributed by atoms with E-state index >= 15 is 0 Å². The quantitative estimate of drug-likeness (QED) is 0.152. The standard InChI is InChI=1S/C31H41FN6O3SSi/c1-31(2,32)18-36-42(39,40)30-24-12-23(11-21(24)10-22-14-34-27(13-25(22)30)20-6-7-20)37-28-16-33-17-29-26(28)15-35-38(29)19-41-8-9-43(3,4)5/h10,13-17,20,23,36-37H,6-9,11-12,18-19H2,1-5H3. The summed E-state index contributed by atoms with van der Waals surface area (Å²) < 4.78 is 52.3. The summed E-state index contributed by atoms with van der Waals surface area (Å²) in [6.45, 7) is 10.5. The predicted octanol–water partition coefficient (Wildman–Crippen LogP) is 5.77. The van der Waals surface area contributed by atoms with Gasteiger partial charge in [0.2, 0.25) is 10.0 Å². The molecule has 0 aliphatic heterocycles. The van der Waals surface area contributed by atoms with Gasteiger partial charge in [-0.15, -0.1) is 0 Å². The van der Waals surface area contributed by atoms with Crippen LogP contribution in [0.1, 0.15) is 49.4 Å². The summed E-state index contributed by atoms with van der Waals surface area (Å²) in [6, 6.07) is 5.01. The van der Waals surface area contributed by atoms with E-state index in [-0.39, 0.29) is 17.5 Å². The number of sulfonamides is 1. The van der Waals surface area contributed by atoms with Crippen molar-refractivity contribution in [3.63, 3.8) is 0 Å². The Morgan fingerprint density at radius 2 is 1.88 bits per heavy atom. The van der Waals surface area contributed by atoms with Gasteiger partial charge in [-0.2, -0.15) is 5.10 Å². The number of aromatic nitrogens is 4. The van der Waals surface area contributed by atoms with Gasteiger partial charge in [0.1, 0.15) is 12.4 Å². The molecule has 6 rings (SSSR count). The van der Waals surface area contributed by atoms with E-state index < -0.39 is 23.8 Å². The van der Waals surface area contributed by atoms with Crippen molar-refractivity contribution in [1.29, 1.82) is 0 Å². The lowest BCUT2D eigenvalue weighted by molar-refractivity contribution is 0.0816. The number of anilines is 1. The Balaban J connectivity index is 1.28. The van der Waals surface area contributed by atoms with Crippen LogP contribution >= 0.6 is 0 Å². The maximum Gasteiger partial charge on any atom is 0.241 e. The molecule has 2 aliphatic rings. The molecule has 2 aliphatic carbocycles. The van der Waals surface area contributed by atoms with Crippen molar-refractivity contribution in [2.45, 2.75) is 94.5 Å². The fourth-order valence-electron chi connectivity index (χ4n) is 5.67. The van der Waals surface area contributed by atoms with E-state index in [1.54, 1.807) is 18.6 Å². The van der Waals surface area contributed by atoms with Crippen LogP contribution in [0.15, 0.2) is 41.8 Å². The number of fused-ring (bicyclic) bond motifs is 3. The number of nitrogens with zero attached hydrogens (tertiary/aromatic N) is 4. The fraction of sp³-hybridized carbons (Fsp3) is 0.516. The molecule has 3 aromatic heterocycles. The highest BCUT2D eigenvalue weighted by atomic mass is 32.2. The minimum Gasteiger partial charge on any atom is -0.380 e. The lowest BCUT2D eigenvalue weighted by Gasteiger charge is -2.18.